The Bertz CT molecular complexity index is 2400. The Kier molecular flexibility index (Phi) is 10.7. The Labute approximate surface area is 372 Å². The van der Waals surface area contributed by atoms with Crippen LogP contribution in [0.2, 0.25) is 0 Å². The van der Waals surface area contributed by atoms with Crippen LogP contribution < -0.4 is 15.0 Å². The fourth-order valence-electron chi connectivity index (χ4n) is 13.8. The molecular formula is C51H67N5O7. The maximum absolute atomic E-state index is 15.4. The quantitative estimate of drug-likeness (QED) is 0.169. The molecule has 2 aromatic carbocycles. The second-order valence-electron chi connectivity index (χ2n) is 20.7. The number of hydrogen-bond donors (Lipinski definition) is 3. The molecule has 0 radical (unpaired) electrons. The topological polar surface area (TPSA) is 137 Å². The Morgan fingerprint density at radius 1 is 1.05 bits per heavy atom. The van der Waals surface area contributed by atoms with Crippen LogP contribution in [-0.2, 0) is 41.1 Å². The summed E-state index contributed by atoms with van der Waals surface area (Å²) in [6.45, 7) is 15.7. The summed E-state index contributed by atoms with van der Waals surface area (Å²) in [5, 5.41) is 18.1. The first-order valence-corrected chi connectivity index (χ1v) is 23.2. The van der Waals surface area contributed by atoms with E-state index in [9.17, 15) is 14.7 Å². The number of aromatic amines is 1. The average Bonchev–Trinajstić information content (AvgIpc) is 3.92. The number of likely N-dealkylation sites (N-methyl/N-ethyl adjacent to an activating group) is 1. The summed E-state index contributed by atoms with van der Waals surface area (Å²) < 4.78 is 18.9. The number of carbonyl (C=O) groups excluding carboxylic acids is 3. The molecule has 12 nitrogen and oxygen atoms in total. The molecule has 9 rings (SSSR count). The van der Waals surface area contributed by atoms with Crippen LogP contribution in [-0.4, -0.2) is 122 Å². The molecule has 6 aliphatic rings. The van der Waals surface area contributed by atoms with Crippen molar-refractivity contribution in [3.05, 3.63) is 82.6 Å². The zero-order chi connectivity index (χ0) is 44.9. The van der Waals surface area contributed by atoms with Gasteiger partial charge in [-0.3, -0.25) is 24.2 Å². The monoisotopic (exact) mass is 862 g/mol. The number of ether oxygens (including phenoxy) is 3. The molecule has 1 saturated heterocycles. The van der Waals surface area contributed by atoms with Gasteiger partial charge in [0.05, 0.1) is 26.8 Å². The predicted octanol–water partition coefficient (Wildman–Crippen LogP) is 6.18. The summed E-state index contributed by atoms with van der Waals surface area (Å²) in [5.74, 6) is -0.426. The molecule has 6 heterocycles. The van der Waals surface area contributed by atoms with Crippen molar-refractivity contribution in [3.63, 3.8) is 0 Å². The van der Waals surface area contributed by atoms with Gasteiger partial charge in [-0.1, -0.05) is 76.6 Å². The highest BCUT2D eigenvalue weighted by Gasteiger charge is 2.78. The number of aromatic nitrogens is 1. The van der Waals surface area contributed by atoms with Gasteiger partial charge in [-0.15, -0.1) is 0 Å². The third kappa shape index (κ3) is 6.43. The number of para-hydroxylation sites is 1. The molecule has 1 aliphatic carbocycles. The van der Waals surface area contributed by atoms with E-state index in [1.54, 1.807) is 7.11 Å². The first kappa shape index (κ1) is 43.6. The summed E-state index contributed by atoms with van der Waals surface area (Å²) >= 11 is 0. The minimum Gasteiger partial charge on any atom is -0.496 e. The third-order valence-electron chi connectivity index (χ3n) is 15.9. The van der Waals surface area contributed by atoms with Crippen molar-refractivity contribution in [2.24, 2.45) is 16.7 Å². The number of nitrogens with one attached hydrogen (secondary N) is 2. The number of anilines is 1. The smallest absolute Gasteiger partial charge is 0.322 e. The van der Waals surface area contributed by atoms with Crippen molar-refractivity contribution in [3.8, 4) is 5.75 Å². The molecule has 9 atom stereocenters. The highest BCUT2D eigenvalue weighted by atomic mass is 16.6. The Balaban J connectivity index is 1.33. The Morgan fingerprint density at radius 3 is 2.52 bits per heavy atom. The van der Waals surface area contributed by atoms with E-state index in [4.69, 9.17) is 14.2 Å². The first-order chi connectivity index (χ1) is 30.0. The predicted molar refractivity (Wildman–Crippen MR) is 244 cm³/mol. The number of carbonyl (C=O) groups is 3. The van der Waals surface area contributed by atoms with E-state index >= 15 is 4.79 Å². The molecular weight excluding hydrogens is 795 g/mol. The van der Waals surface area contributed by atoms with Gasteiger partial charge in [0.2, 0.25) is 5.91 Å². The summed E-state index contributed by atoms with van der Waals surface area (Å²) in [6.07, 6.45) is 9.43. The lowest BCUT2D eigenvalue weighted by molar-refractivity contribution is -0.217. The van der Waals surface area contributed by atoms with Gasteiger partial charge in [-0.25, -0.2) is 0 Å². The van der Waals surface area contributed by atoms with Gasteiger partial charge < -0.3 is 34.5 Å². The molecule has 3 N–H and O–H groups in total. The second kappa shape index (κ2) is 15.5. The average molecular weight is 862 g/mol. The maximum atomic E-state index is 15.4. The Morgan fingerprint density at radius 2 is 1.83 bits per heavy atom. The van der Waals surface area contributed by atoms with Crippen LogP contribution in [0.1, 0.15) is 96.0 Å². The number of fused-ring (bicyclic) bond motifs is 6. The molecule has 2 bridgehead atoms. The number of rotatable bonds is 9. The van der Waals surface area contributed by atoms with Crippen LogP contribution in [0.4, 0.5) is 5.69 Å². The highest BCUT2D eigenvalue weighted by Crippen LogP contribution is 2.68. The van der Waals surface area contributed by atoms with E-state index in [2.05, 4.69) is 87.4 Å². The van der Waals surface area contributed by atoms with Crippen LogP contribution in [0, 0.1) is 16.7 Å². The summed E-state index contributed by atoms with van der Waals surface area (Å²) in [6, 6.07) is 11.8. The van der Waals surface area contributed by atoms with Crippen LogP contribution in [0.5, 0.6) is 5.75 Å². The molecule has 1 saturated carbocycles. The Hall–Kier alpha value is -4.65. The molecule has 5 aliphatic heterocycles. The molecule has 1 spiro atoms. The summed E-state index contributed by atoms with van der Waals surface area (Å²) in [7, 11) is 5.16. The minimum atomic E-state index is -1.75. The van der Waals surface area contributed by atoms with Crippen LogP contribution in [0.25, 0.3) is 10.9 Å². The van der Waals surface area contributed by atoms with Gasteiger partial charge in [0.1, 0.15) is 22.9 Å². The van der Waals surface area contributed by atoms with Gasteiger partial charge >= 0.3 is 11.9 Å². The SMILES string of the molecule is CCC1=C[C@@H]2CN(CCc3c([nH]c4ccccc34)[C@@](C(=O)OC)(c3cc4c(cc3OC)N(C)[C@H]3C(O)(CNC(=O)CC(C)(C)C)[C@H](OC(C)=O)[C@]5(CC)C=CCN6CC[C@]43[C@@H]65)C2)C1. The fourth-order valence-corrected chi connectivity index (χ4v) is 13.8. The fraction of sp³-hybridized carbons (Fsp3) is 0.588. The minimum absolute atomic E-state index is 0.0378. The van der Waals surface area contributed by atoms with Crippen LogP contribution in [0.15, 0.2) is 60.2 Å². The largest absolute Gasteiger partial charge is 0.496 e. The van der Waals surface area contributed by atoms with Crippen molar-refractivity contribution in [2.75, 3.05) is 65.4 Å². The van der Waals surface area contributed by atoms with Gasteiger partial charge in [-0.2, -0.15) is 0 Å². The number of H-pyrrole nitrogens is 1. The van der Waals surface area contributed by atoms with E-state index in [1.165, 1.54) is 19.6 Å². The first-order valence-electron chi connectivity index (χ1n) is 23.2. The van der Waals surface area contributed by atoms with Crippen molar-refractivity contribution in [1.82, 2.24) is 20.1 Å². The van der Waals surface area contributed by atoms with Crippen molar-refractivity contribution in [2.45, 2.75) is 115 Å². The van der Waals surface area contributed by atoms with Crippen LogP contribution in [0.3, 0.4) is 0 Å². The molecule has 63 heavy (non-hydrogen) atoms. The molecule has 1 amide bonds. The van der Waals surface area contributed by atoms with Crippen molar-refractivity contribution >= 4 is 34.4 Å². The van der Waals surface area contributed by atoms with Gasteiger partial charge in [0, 0.05) is 97.4 Å². The molecule has 3 aromatic rings. The van der Waals surface area contributed by atoms with Gasteiger partial charge in [0.15, 0.2) is 0 Å². The molecule has 2 fully saturated rings. The maximum Gasteiger partial charge on any atom is 0.322 e. The number of amides is 1. The normalized spacial score (nSPS) is 33.2. The van der Waals surface area contributed by atoms with Crippen molar-refractivity contribution in [1.29, 1.82) is 0 Å². The lowest BCUT2D eigenvalue weighted by Crippen LogP contribution is -2.81. The zero-order valence-corrected chi connectivity index (χ0v) is 38.7. The number of aliphatic hydroxyl groups is 1. The van der Waals surface area contributed by atoms with Crippen molar-refractivity contribution < 1.29 is 33.7 Å². The van der Waals surface area contributed by atoms with E-state index < -0.39 is 40.0 Å². The molecule has 2 unspecified atom stereocenters. The summed E-state index contributed by atoms with van der Waals surface area (Å²) in [5.41, 5.74) is 2.00. The number of benzene rings is 2. The standard InChI is InChI=1S/C51H67N5O7/c1-10-32-23-33-26-50(46(59)62-9,42-35(17-21-55(28-32)29-33)34-15-12-13-16-38(34)53-42)37-24-36-39(25-40(37)61-8)54(7)44-49(36)19-22-56-20-14-18-48(11-2,43(49)56)45(63-31(3)57)51(44,60)30-52-41(58)27-47(4,5)6/h12-16,18,23-25,33,43-45,53,60H,10-11,17,19-22,26-30H2,1-9H3,(H,52,58)/t33-,43-,44+,45+,48+,49+,50-,51?/m0/s1. The zero-order valence-electron chi connectivity index (χ0n) is 38.7. The highest BCUT2D eigenvalue weighted by molar-refractivity contribution is 5.94. The molecule has 338 valence electrons. The lowest BCUT2D eigenvalue weighted by Gasteiger charge is -2.64. The van der Waals surface area contributed by atoms with Gasteiger partial charge in [0.25, 0.3) is 0 Å². The third-order valence-corrected chi connectivity index (χ3v) is 15.9. The van der Waals surface area contributed by atoms with Gasteiger partial charge in [-0.05, 0) is 73.2 Å². The van der Waals surface area contributed by atoms with E-state index in [0.29, 0.717) is 31.6 Å². The lowest BCUT2D eigenvalue weighted by atomic mass is 9.47. The number of hydrogen-bond acceptors (Lipinski definition) is 10. The van der Waals surface area contributed by atoms with E-state index in [1.807, 2.05) is 33.9 Å². The number of nitrogens with zero attached hydrogens (tertiary/aromatic N) is 3. The molecule has 1 aromatic heterocycles. The number of methoxy groups -OCH3 is 2. The number of esters is 2. The van der Waals surface area contributed by atoms with Crippen LogP contribution >= 0.6 is 0 Å². The molecule has 12 heteroatoms. The van der Waals surface area contributed by atoms with E-state index in [0.717, 1.165) is 78.0 Å². The second-order valence-corrected chi connectivity index (χ2v) is 20.7. The van der Waals surface area contributed by atoms with E-state index in [-0.39, 0.29) is 42.2 Å². The summed E-state index contributed by atoms with van der Waals surface area (Å²) in [4.78, 5) is 53.4.